The predicted octanol–water partition coefficient (Wildman–Crippen LogP) is 2.37. The number of aromatic nitrogens is 1. The van der Waals surface area contributed by atoms with Crippen molar-refractivity contribution in [3.63, 3.8) is 0 Å². The Morgan fingerprint density at radius 2 is 2.00 bits per heavy atom. The molecule has 2 unspecified atom stereocenters. The van der Waals surface area contributed by atoms with Crippen LogP contribution in [0.4, 0.5) is 5.69 Å². The molecule has 1 aliphatic carbocycles. The molecule has 0 bridgehead atoms. The van der Waals surface area contributed by atoms with Crippen LogP contribution in [-0.2, 0) is 10.0 Å². The summed E-state index contributed by atoms with van der Waals surface area (Å²) in [7, 11) is -1.82. The fourth-order valence-corrected chi connectivity index (χ4v) is 4.27. The molecule has 1 saturated carbocycles. The van der Waals surface area contributed by atoms with Crippen LogP contribution >= 0.6 is 0 Å². The number of nitrogens with zero attached hydrogens (tertiary/aromatic N) is 1. The van der Waals surface area contributed by atoms with Crippen molar-refractivity contribution in [3.05, 3.63) is 18.5 Å². The Morgan fingerprint density at radius 1 is 1.25 bits per heavy atom. The summed E-state index contributed by atoms with van der Waals surface area (Å²) in [6.45, 7) is 2.13. The second kappa shape index (κ2) is 6.54. The molecule has 1 aliphatic rings. The van der Waals surface area contributed by atoms with Crippen molar-refractivity contribution < 1.29 is 8.42 Å². The zero-order valence-electron chi connectivity index (χ0n) is 12.1. The van der Waals surface area contributed by atoms with Gasteiger partial charge >= 0.3 is 0 Å². The molecule has 2 atom stereocenters. The van der Waals surface area contributed by atoms with E-state index in [9.17, 15) is 8.42 Å². The van der Waals surface area contributed by atoms with Gasteiger partial charge in [0.1, 0.15) is 4.90 Å². The maximum atomic E-state index is 12.5. The second-order valence-corrected chi connectivity index (χ2v) is 7.15. The average Bonchev–Trinajstić information content (AvgIpc) is 2.64. The number of nitrogens with one attached hydrogen (secondary N) is 2. The molecule has 2 N–H and O–H groups in total. The summed E-state index contributed by atoms with van der Waals surface area (Å²) in [4.78, 5) is 4.15. The molecule has 0 aromatic carbocycles. The third-order valence-electron chi connectivity index (χ3n) is 4.01. The van der Waals surface area contributed by atoms with Gasteiger partial charge in [-0.2, -0.15) is 0 Å². The highest BCUT2D eigenvalue weighted by molar-refractivity contribution is 7.89. The Balaban J connectivity index is 2.22. The van der Waals surface area contributed by atoms with Crippen LogP contribution < -0.4 is 10.0 Å². The molecule has 1 aromatic heterocycles. The van der Waals surface area contributed by atoms with E-state index in [4.69, 9.17) is 0 Å². The molecule has 0 radical (unpaired) electrons. The molecule has 1 heterocycles. The minimum atomic E-state index is -3.53. The molecule has 6 heteroatoms. The van der Waals surface area contributed by atoms with Gasteiger partial charge in [-0.25, -0.2) is 13.1 Å². The van der Waals surface area contributed by atoms with Crippen molar-refractivity contribution in [1.82, 2.24) is 9.71 Å². The standard InChI is InChI=1S/C14H23N3O2S/c1-11-6-4-3-5-7-12(11)17-20(18,19)14-10-16-9-8-13(14)15-2/h8-12,17H,3-7H2,1-2H3,(H,15,16). The lowest BCUT2D eigenvalue weighted by molar-refractivity contribution is 0.399. The highest BCUT2D eigenvalue weighted by Gasteiger charge is 2.27. The maximum Gasteiger partial charge on any atom is 0.244 e. The van der Waals surface area contributed by atoms with Gasteiger partial charge in [-0.1, -0.05) is 26.2 Å². The van der Waals surface area contributed by atoms with Crippen LogP contribution in [0.3, 0.4) is 0 Å². The zero-order valence-corrected chi connectivity index (χ0v) is 12.9. The number of rotatable bonds is 4. The van der Waals surface area contributed by atoms with E-state index in [2.05, 4.69) is 21.9 Å². The van der Waals surface area contributed by atoms with Gasteiger partial charge in [0.2, 0.25) is 10.0 Å². The van der Waals surface area contributed by atoms with Gasteiger partial charge in [0.15, 0.2) is 0 Å². The molecule has 112 valence electrons. The normalized spacial score (nSPS) is 24.1. The van der Waals surface area contributed by atoms with Crippen molar-refractivity contribution in [2.45, 2.75) is 50.0 Å². The molecule has 0 spiro atoms. The van der Waals surface area contributed by atoms with Gasteiger partial charge in [-0.3, -0.25) is 4.98 Å². The number of hydrogen-bond donors (Lipinski definition) is 2. The Kier molecular flexibility index (Phi) is 4.99. The van der Waals surface area contributed by atoms with E-state index < -0.39 is 10.0 Å². The third-order valence-corrected chi connectivity index (χ3v) is 5.53. The minimum absolute atomic E-state index is 0.0208. The lowest BCUT2D eigenvalue weighted by Crippen LogP contribution is -2.39. The monoisotopic (exact) mass is 297 g/mol. The number of hydrogen-bond acceptors (Lipinski definition) is 4. The topological polar surface area (TPSA) is 71.1 Å². The highest BCUT2D eigenvalue weighted by Crippen LogP contribution is 2.26. The van der Waals surface area contributed by atoms with Crippen LogP contribution in [0.15, 0.2) is 23.4 Å². The molecular weight excluding hydrogens is 274 g/mol. The Labute approximate surface area is 121 Å². The lowest BCUT2D eigenvalue weighted by atomic mass is 9.98. The van der Waals surface area contributed by atoms with Gasteiger partial charge in [-0.15, -0.1) is 0 Å². The summed E-state index contributed by atoms with van der Waals surface area (Å²) in [5, 5.41) is 2.90. The van der Waals surface area contributed by atoms with Crippen LogP contribution in [0.1, 0.15) is 39.0 Å². The number of pyridine rings is 1. The minimum Gasteiger partial charge on any atom is -0.387 e. The van der Waals surface area contributed by atoms with Gasteiger partial charge in [-0.05, 0) is 24.8 Å². The van der Waals surface area contributed by atoms with Gasteiger partial charge in [0.25, 0.3) is 0 Å². The summed E-state index contributed by atoms with van der Waals surface area (Å²) < 4.78 is 28.0. The molecule has 0 saturated heterocycles. The fourth-order valence-electron chi connectivity index (χ4n) is 2.73. The van der Waals surface area contributed by atoms with Crippen LogP contribution in [0.5, 0.6) is 0 Å². The van der Waals surface area contributed by atoms with Crippen LogP contribution in [0.25, 0.3) is 0 Å². The Hall–Kier alpha value is -1.14. The molecule has 1 aromatic rings. The maximum absolute atomic E-state index is 12.5. The summed E-state index contributed by atoms with van der Waals surface area (Å²) in [5.41, 5.74) is 0.578. The summed E-state index contributed by atoms with van der Waals surface area (Å²) in [6, 6.07) is 1.69. The van der Waals surface area contributed by atoms with Gasteiger partial charge in [0.05, 0.1) is 5.69 Å². The Morgan fingerprint density at radius 3 is 2.75 bits per heavy atom. The SMILES string of the molecule is CNc1ccncc1S(=O)(=O)NC1CCCCCC1C. The fraction of sp³-hybridized carbons (Fsp3) is 0.643. The van der Waals surface area contributed by atoms with E-state index in [0.717, 1.165) is 19.3 Å². The summed E-state index contributed by atoms with van der Waals surface area (Å²) in [6.07, 6.45) is 8.44. The van der Waals surface area contributed by atoms with Crippen molar-refractivity contribution in [2.75, 3.05) is 12.4 Å². The lowest BCUT2D eigenvalue weighted by Gasteiger charge is -2.23. The third kappa shape index (κ3) is 3.49. The summed E-state index contributed by atoms with van der Waals surface area (Å²) in [5.74, 6) is 0.377. The molecule has 1 fully saturated rings. The van der Waals surface area contributed by atoms with E-state index in [1.165, 1.54) is 19.0 Å². The predicted molar refractivity (Wildman–Crippen MR) is 80.1 cm³/mol. The van der Waals surface area contributed by atoms with E-state index in [1.807, 2.05) is 0 Å². The number of anilines is 1. The van der Waals surface area contributed by atoms with Crippen molar-refractivity contribution >= 4 is 15.7 Å². The van der Waals surface area contributed by atoms with Crippen LogP contribution in [-0.4, -0.2) is 26.5 Å². The van der Waals surface area contributed by atoms with E-state index in [-0.39, 0.29) is 10.9 Å². The van der Waals surface area contributed by atoms with Crippen molar-refractivity contribution in [1.29, 1.82) is 0 Å². The zero-order chi connectivity index (χ0) is 14.6. The van der Waals surface area contributed by atoms with Gasteiger partial charge < -0.3 is 5.32 Å². The molecule has 2 rings (SSSR count). The number of sulfonamides is 1. The first-order valence-electron chi connectivity index (χ1n) is 7.18. The van der Waals surface area contributed by atoms with E-state index in [1.54, 1.807) is 19.3 Å². The second-order valence-electron chi connectivity index (χ2n) is 5.46. The highest BCUT2D eigenvalue weighted by atomic mass is 32.2. The first-order valence-corrected chi connectivity index (χ1v) is 8.67. The van der Waals surface area contributed by atoms with E-state index in [0.29, 0.717) is 11.6 Å². The average molecular weight is 297 g/mol. The van der Waals surface area contributed by atoms with Crippen molar-refractivity contribution in [3.8, 4) is 0 Å². The first kappa shape index (κ1) is 15.3. The molecule has 5 nitrogen and oxygen atoms in total. The van der Waals surface area contributed by atoms with Crippen molar-refractivity contribution in [2.24, 2.45) is 5.92 Å². The molecular formula is C14H23N3O2S. The Bertz CT molecular complexity index is 545. The van der Waals surface area contributed by atoms with E-state index >= 15 is 0 Å². The molecule has 0 aliphatic heterocycles. The largest absolute Gasteiger partial charge is 0.387 e. The molecule has 0 amide bonds. The van der Waals surface area contributed by atoms with Crippen LogP contribution in [0.2, 0.25) is 0 Å². The van der Waals surface area contributed by atoms with Gasteiger partial charge in [0, 0.05) is 25.5 Å². The van der Waals surface area contributed by atoms with Crippen LogP contribution in [0, 0.1) is 5.92 Å². The smallest absolute Gasteiger partial charge is 0.244 e. The quantitative estimate of drug-likeness (QED) is 0.837. The molecule has 20 heavy (non-hydrogen) atoms. The summed E-state index contributed by atoms with van der Waals surface area (Å²) >= 11 is 0. The first-order chi connectivity index (χ1) is 9.54.